The maximum Gasteiger partial charge on any atom is 0.673 e. The summed E-state index contributed by atoms with van der Waals surface area (Å²) in [5.41, 5.74) is -1.15. The van der Waals surface area contributed by atoms with Gasteiger partial charge in [-0.1, -0.05) is 28.4 Å². The highest BCUT2D eigenvalue weighted by Gasteiger charge is 2.50. The zero-order chi connectivity index (χ0) is 26.2. The molecule has 6 nitrogen and oxygen atoms in total. The third-order valence-corrected chi connectivity index (χ3v) is 6.72. The first-order chi connectivity index (χ1) is 16.1. The van der Waals surface area contributed by atoms with Crippen LogP contribution in [0.2, 0.25) is 0 Å². The first kappa shape index (κ1) is 26.5. The SMILES string of the molecule is CC1(C)Oc2ccccc2C(=O)N1C[Si+](F)CN1C(=O)c2ccccc2OC1(C)C.F[B-](F)(F)F. The van der Waals surface area contributed by atoms with Crippen molar-refractivity contribution in [3.8, 4) is 11.5 Å². The molecule has 13 heteroatoms. The van der Waals surface area contributed by atoms with Gasteiger partial charge in [-0.15, -0.1) is 0 Å². The minimum Gasteiger partial charge on any atom is -0.468 e. The third kappa shape index (κ3) is 6.13. The van der Waals surface area contributed by atoms with E-state index in [1.165, 1.54) is 9.80 Å². The molecule has 0 aromatic heterocycles. The van der Waals surface area contributed by atoms with Crippen LogP contribution < -0.4 is 9.47 Å². The lowest BCUT2D eigenvalue weighted by Gasteiger charge is -2.42. The number of carbonyl (C=O) groups excluding carboxylic acids is 2. The lowest BCUT2D eigenvalue weighted by Crippen LogP contribution is -2.61. The molecule has 0 unspecified atom stereocenters. The Hall–Kier alpha value is -3.09. The number of para-hydroxylation sites is 2. The van der Waals surface area contributed by atoms with E-state index < -0.39 is 27.8 Å². The van der Waals surface area contributed by atoms with Crippen LogP contribution in [0.5, 0.6) is 11.5 Å². The van der Waals surface area contributed by atoms with Gasteiger partial charge in [-0.3, -0.25) is 19.4 Å². The molecule has 0 radical (unpaired) electrons. The van der Waals surface area contributed by atoms with Crippen molar-refractivity contribution in [1.29, 1.82) is 0 Å². The van der Waals surface area contributed by atoms with Crippen LogP contribution in [0.4, 0.5) is 21.4 Å². The van der Waals surface area contributed by atoms with Crippen molar-refractivity contribution in [2.45, 2.75) is 39.1 Å². The predicted octanol–water partition coefficient (Wildman–Crippen LogP) is 4.87. The van der Waals surface area contributed by atoms with Crippen molar-refractivity contribution in [1.82, 2.24) is 9.80 Å². The predicted molar refractivity (Wildman–Crippen MR) is 121 cm³/mol. The maximum absolute atomic E-state index is 15.4. The van der Waals surface area contributed by atoms with Gasteiger partial charge in [0.05, 0.1) is 11.1 Å². The average molecular weight is 514 g/mol. The Balaban J connectivity index is 0.000000623. The van der Waals surface area contributed by atoms with E-state index in [1.54, 1.807) is 76.2 Å². The number of hydrogen-bond acceptors (Lipinski definition) is 4. The van der Waals surface area contributed by atoms with Gasteiger partial charge < -0.3 is 26.7 Å². The molecule has 2 aromatic rings. The molecule has 2 aromatic carbocycles. The normalized spacial score (nSPS) is 17.9. The Bertz CT molecular complexity index is 1030. The van der Waals surface area contributed by atoms with Gasteiger partial charge in [0.15, 0.2) is 23.8 Å². The summed E-state index contributed by atoms with van der Waals surface area (Å²) in [6.45, 7) is 6.97. The smallest absolute Gasteiger partial charge is 0.468 e. The number of amides is 2. The number of halogens is 5. The standard InChI is InChI=1S/C22H24FN2O4Si.BF4/c1-21(2)24(19(26)15-9-5-7-11-17(15)28-21)13-30(23)14-25-20(27)16-10-6-8-12-18(16)29-22(25,3)4;2-1(3,4)5/h5-12H,13-14H2,1-4H3;/q+1;-1. The molecule has 2 aliphatic rings. The van der Waals surface area contributed by atoms with E-state index >= 15 is 4.11 Å². The molecule has 188 valence electrons. The fourth-order valence-electron chi connectivity index (χ4n) is 3.81. The van der Waals surface area contributed by atoms with Crippen molar-refractivity contribution >= 4 is 28.2 Å². The zero-order valence-electron chi connectivity index (χ0n) is 19.5. The summed E-state index contributed by atoms with van der Waals surface area (Å²) in [7, 11) is -8.65. The fourth-order valence-corrected chi connectivity index (χ4v) is 5.65. The highest BCUT2D eigenvalue weighted by molar-refractivity contribution is 6.52. The van der Waals surface area contributed by atoms with E-state index in [0.717, 1.165) is 0 Å². The van der Waals surface area contributed by atoms with Gasteiger partial charge in [-0.2, -0.15) is 0 Å². The van der Waals surface area contributed by atoms with Gasteiger partial charge >= 0.3 is 16.4 Å². The van der Waals surface area contributed by atoms with E-state index in [4.69, 9.17) is 9.47 Å². The second kappa shape index (κ2) is 9.52. The van der Waals surface area contributed by atoms with Crippen LogP contribution in [-0.4, -0.2) is 61.8 Å². The monoisotopic (exact) mass is 514 g/mol. The molecular formula is C22H24BF5N2O4Si. The van der Waals surface area contributed by atoms with E-state index in [9.17, 15) is 26.9 Å². The minimum absolute atomic E-state index is 0.105. The van der Waals surface area contributed by atoms with Crippen LogP contribution in [0.15, 0.2) is 48.5 Å². The Morgan fingerprint density at radius 3 is 1.40 bits per heavy atom. The van der Waals surface area contributed by atoms with Crippen molar-refractivity contribution < 1.29 is 40.4 Å². The van der Waals surface area contributed by atoms with Gasteiger partial charge in [0, 0.05) is 0 Å². The van der Waals surface area contributed by atoms with Gasteiger partial charge in [0.2, 0.25) is 0 Å². The molecular weight excluding hydrogens is 490 g/mol. The molecule has 35 heavy (non-hydrogen) atoms. The second-order valence-corrected chi connectivity index (χ2v) is 10.6. The van der Waals surface area contributed by atoms with E-state index in [1.807, 2.05) is 0 Å². The number of fused-ring (bicyclic) bond motifs is 2. The lowest BCUT2D eigenvalue weighted by atomic mass is 10.1. The number of carbonyl (C=O) groups is 2. The molecule has 0 fully saturated rings. The Kier molecular flexibility index (Phi) is 7.21. The van der Waals surface area contributed by atoms with Crippen LogP contribution >= 0.6 is 0 Å². The van der Waals surface area contributed by atoms with Crippen LogP contribution in [0, 0.1) is 0 Å². The summed E-state index contributed by atoms with van der Waals surface area (Å²) >= 11 is 0. The zero-order valence-corrected chi connectivity index (χ0v) is 20.5. The van der Waals surface area contributed by atoms with Gasteiger partial charge in [-0.05, 0) is 52.0 Å². The lowest BCUT2D eigenvalue weighted by molar-refractivity contribution is -0.0466. The first-order valence-corrected chi connectivity index (χ1v) is 12.5. The molecule has 0 spiro atoms. The van der Waals surface area contributed by atoms with Gasteiger partial charge in [0.1, 0.15) is 11.5 Å². The Morgan fingerprint density at radius 1 is 0.743 bits per heavy atom. The molecule has 4 rings (SSSR count). The molecule has 2 heterocycles. The molecule has 2 aliphatic heterocycles. The Labute approximate surface area is 201 Å². The van der Waals surface area contributed by atoms with Crippen molar-refractivity contribution in [2.24, 2.45) is 0 Å². The van der Waals surface area contributed by atoms with Crippen LogP contribution in [0.1, 0.15) is 48.4 Å². The second-order valence-electron chi connectivity index (χ2n) is 8.88. The Morgan fingerprint density at radius 2 is 1.06 bits per heavy atom. The van der Waals surface area contributed by atoms with E-state index in [0.29, 0.717) is 22.6 Å². The first-order valence-electron chi connectivity index (χ1n) is 10.7. The number of benzene rings is 2. The van der Waals surface area contributed by atoms with Crippen LogP contribution in [0.25, 0.3) is 0 Å². The highest BCUT2D eigenvalue weighted by Crippen LogP contribution is 2.35. The summed E-state index contributed by atoms with van der Waals surface area (Å²) in [4.78, 5) is 28.8. The van der Waals surface area contributed by atoms with Crippen molar-refractivity contribution in [2.75, 3.05) is 12.3 Å². The van der Waals surface area contributed by atoms with Gasteiger partial charge in [0.25, 0.3) is 11.8 Å². The number of nitrogens with zero attached hydrogens (tertiary/aromatic N) is 2. The third-order valence-electron chi connectivity index (χ3n) is 5.40. The van der Waals surface area contributed by atoms with Gasteiger partial charge in [-0.25, -0.2) is 0 Å². The van der Waals surface area contributed by atoms with Crippen molar-refractivity contribution in [3.05, 3.63) is 59.7 Å². The summed E-state index contributed by atoms with van der Waals surface area (Å²) in [5, 5.41) is 0. The van der Waals surface area contributed by atoms with E-state index in [-0.39, 0.29) is 24.2 Å². The number of ether oxygens (including phenoxy) is 2. The molecule has 0 saturated carbocycles. The number of hydrogen-bond donors (Lipinski definition) is 0. The number of rotatable bonds is 4. The van der Waals surface area contributed by atoms with Crippen LogP contribution in [0.3, 0.4) is 0 Å². The molecule has 0 N–H and O–H groups in total. The van der Waals surface area contributed by atoms with Crippen LogP contribution in [-0.2, 0) is 0 Å². The summed E-state index contributed by atoms with van der Waals surface area (Å²) in [5.74, 6) is 0.447. The van der Waals surface area contributed by atoms with E-state index in [2.05, 4.69) is 0 Å². The molecule has 0 aliphatic carbocycles. The molecule has 2 amide bonds. The summed E-state index contributed by atoms with van der Waals surface area (Å²) in [6, 6.07) is 13.9. The quantitative estimate of drug-likeness (QED) is 0.332. The molecule has 0 saturated heterocycles. The summed E-state index contributed by atoms with van der Waals surface area (Å²) in [6.07, 6.45) is -0.210. The minimum atomic E-state index is -6.00. The van der Waals surface area contributed by atoms with Crippen molar-refractivity contribution in [3.63, 3.8) is 0 Å². The fraction of sp³-hybridized carbons (Fsp3) is 0.364. The maximum atomic E-state index is 15.4. The largest absolute Gasteiger partial charge is 0.673 e. The summed E-state index contributed by atoms with van der Waals surface area (Å²) < 4.78 is 66.3. The molecule has 0 atom stereocenters. The highest BCUT2D eigenvalue weighted by atomic mass is 28.3. The molecule has 0 bridgehead atoms. The average Bonchev–Trinajstić information content (AvgIpc) is 2.72. The topological polar surface area (TPSA) is 59.1 Å².